The maximum absolute atomic E-state index is 12.0. The fourth-order valence-electron chi connectivity index (χ4n) is 2.40. The third kappa shape index (κ3) is 4.50. The van der Waals surface area contributed by atoms with Gasteiger partial charge in [-0.3, -0.25) is 24.9 Å². The van der Waals surface area contributed by atoms with Crippen molar-refractivity contribution in [2.75, 3.05) is 5.32 Å². The van der Waals surface area contributed by atoms with Gasteiger partial charge in [0.2, 0.25) is 11.9 Å². The number of nitrogens with zero attached hydrogens (tertiary/aromatic N) is 6. The van der Waals surface area contributed by atoms with Crippen molar-refractivity contribution in [3.63, 3.8) is 0 Å². The molecule has 10 nitrogen and oxygen atoms in total. The molecule has 0 aliphatic carbocycles. The van der Waals surface area contributed by atoms with Crippen molar-refractivity contribution < 1.29 is 9.72 Å². The Bertz CT molecular complexity index is 931. The van der Waals surface area contributed by atoms with Crippen molar-refractivity contribution in [3.8, 4) is 0 Å². The first-order valence-corrected chi connectivity index (χ1v) is 7.91. The summed E-state index contributed by atoms with van der Waals surface area (Å²) in [6.45, 7) is 2.80. The number of nitro groups is 1. The Morgan fingerprint density at radius 3 is 2.92 bits per heavy atom. The molecule has 0 fully saturated rings. The standard InChI is InChI=1S/C16H17N7O3/c1-12-3-2-4-13(7-12)9-22-11-17-16(20-22)19-15(24)5-6-21-10-14(8-18-21)23(25)26/h2-4,7-8,10-11H,5-6,9H2,1H3,(H,19,20,24). The molecule has 10 heteroatoms. The van der Waals surface area contributed by atoms with E-state index in [1.54, 1.807) is 11.0 Å². The summed E-state index contributed by atoms with van der Waals surface area (Å²) in [5, 5.41) is 21.3. The van der Waals surface area contributed by atoms with Gasteiger partial charge < -0.3 is 0 Å². The van der Waals surface area contributed by atoms with Crippen LogP contribution in [0.2, 0.25) is 0 Å². The molecule has 2 aromatic heterocycles. The number of benzene rings is 1. The predicted octanol–water partition coefficient (Wildman–Crippen LogP) is 1.77. The minimum Gasteiger partial charge on any atom is -0.293 e. The Morgan fingerprint density at radius 2 is 2.19 bits per heavy atom. The van der Waals surface area contributed by atoms with Gasteiger partial charge in [-0.15, -0.1) is 5.10 Å². The van der Waals surface area contributed by atoms with Gasteiger partial charge in [0.05, 0.1) is 11.5 Å². The van der Waals surface area contributed by atoms with Crippen molar-refractivity contribution in [1.82, 2.24) is 24.5 Å². The molecule has 3 aromatic rings. The van der Waals surface area contributed by atoms with Crippen molar-refractivity contribution in [1.29, 1.82) is 0 Å². The molecular weight excluding hydrogens is 338 g/mol. The molecule has 3 rings (SSSR count). The van der Waals surface area contributed by atoms with Crippen molar-refractivity contribution in [2.45, 2.75) is 26.4 Å². The number of anilines is 1. The zero-order valence-electron chi connectivity index (χ0n) is 14.1. The van der Waals surface area contributed by atoms with E-state index in [2.05, 4.69) is 26.6 Å². The number of nitrogens with one attached hydrogen (secondary N) is 1. The van der Waals surface area contributed by atoms with Gasteiger partial charge in [0, 0.05) is 13.0 Å². The molecule has 0 radical (unpaired) electrons. The molecular formula is C16H17N7O3. The van der Waals surface area contributed by atoms with Crippen LogP contribution in [0.4, 0.5) is 11.6 Å². The Kier molecular flexibility index (Phi) is 5.02. The van der Waals surface area contributed by atoms with Gasteiger partial charge in [-0.05, 0) is 12.5 Å². The van der Waals surface area contributed by atoms with Crippen LogP contribution in [0.25, 0.3) is 0 Å². The molecule has 1 aromatic carbocycles. The third-order valence-corrected chi connectivity index (χ3v) is 3.61. The predicted molar refractivity (Wildman–Crippen MR) is 92.4 cm³/mol. The summed E-state index contributed by atoms with van der Waals surface area (Å²) in [6.07, 6.45) is 4.08. The Labute approximate surface area is 148 Å². The lowest BCUT2D eigenvalue weighted by molar-refractivity contribution is -0.385. The van der Waals surface area contributed by atoms with E-state index in [4.69, 9.17) is 0 Å². The summed E-state index contributed by atoms with van der Waals surface area (Å²) in [5.41, 5.74) is 2.14. The topological polar surface area (TPSA) is 121 Å². The van der Waals surface area contributed by atoms with Crippen LogP contribution in [-0.4, -0.2) is 35.4 Å². The summed E-state index contributed by atoms with van der Waals surface area (Å²) >= 11 is 0. The third-order valence-electron chi connectivity index (χ3n) is 3.61. The molecule has 134 valence electrons. The van der Waals surface area contributed by atoms with Crippen LogP contribution in [-0.2, 0) is 17.9 Å². The van der Waals surface area contributed by atoms with E-state index in [0.717, 1.165) is 17.3 Å². The smallest absolute Gasteiger partial charge is 0.293 e. The van der Waals surface area contributed by atoms with Crippen LogP contribution < -0.4 is 5.32 Å². The Morgan fingerprint density at radius 1 is 1.35 bits per heavy atom. The van der Waals surface area contributed by atoms with Gasteiger partial charge in [-0.1, -0.05) is 29.8 Å². The number of carbonyl (C=O) groups excluding carboxylic acids is 1. The maximum atomic E-state index is 12.0. The molecule has 0 spiro atoms. The normalized spacial score (nSPS) is 10.7. The molecule has 2 heterocycles. The molecule has 26 heavy (non-hydrogen) atoms. The highest BCUT2D eigenvalue weighted by Gasteiger charge is 2.11. The summed E-state index contributed by atoms with van der Waals surface area (Å²) in [5.74, 6) is -0.0782. The van der Waals surface area contributed by atoms with Crippen LogP contribution in [0, 0.1) is 17.0 Å². The number of aryl methyl sites for hydroxylation is 2. The van der Waals surface area contributed by atoms with E-state index in [9.17, 15) is 14.9 Å². The Balaban J connectivity index is 1.51. The largest absolute Gasteiger partial charge is 0.306 e. The summed E-state index contributed by atoms with van der Waals surface area (Å²) in [6, 6.07) is 8.05. The highest BCUT2D eigenvalue weighted by Crippen LogP contribution is 2.09. The van der Waals surface area contributed by atoms with Gasteiger partial charge in [0.1, 0.15) is 18.7 Å². The number of aromatic nitrogens is 5. The molecule has 0 saturated heterocycles. The van der Waals surface area contributed by atoms with Gasteiger partial charge in [0.25, 0.3) is 0 Å². The fraction of sp³-hybridized carbons (Fsp3) is 0.250. The number of hydrogen-bond donors (Lipinski definition) is 1. The molecule has 0 atom stereocenters. The SMILES string of the molecule is Cc1cccc(Cn2cnc(NC(=O)CCn3cc([N+](=O)[O-])cn3)n2)c1. The monoisotopic (exact) mass is 355 g/mol. The number of amides is 1. The first-order chi connectivity index (χ1) is 12.5. The molecule has 0 saturated carbocycles. The number of rotatable bonds is 7. The van der Waals surface area contributed by atoms with E-state index >= 15 is 0 Å². The number of carbonyl (C=O) groups is 1. The summed E-state index contributed by atoms with van der Waals surface area (Å²) in [4.78, 5) is 26.1. The van der Waals surface area contributed by atoms with Gasteiger partial charge in [-0.25, -0.2) is 9.67 Å². The van der Waals surface area contributed by atoms with Gasteiger partial charge in [0.15, 0.2) is 0 Å². The summed E-state index contributed by atoms with van der Waals surface area (Å²) in [7, 11) is 0. The molecule has 1 amide bonds. The summed E-state index contributed by atoms with van der Waals surface area (Å²) < 4.78 is 2.99. The van der Waals surface area contributed by atoms with E-state index < -0.39 is 4.92 Å². The van der Waals surface area contributed by atoms with Gasteiger partial charge >= 0.3 is 5.69 Å². The molecule has 0 aliphatic rings. The average Bonchev–Trinajstić information content (AvgIpc) is 3.23. The lowest BCUT2D eigenvalue weighted by Gasteiger charge is -2.03. The lowest BCUT2D eigenvalue weighted by Crippen LogP contribution is -2.16. The number of hydrogen-bond acceptors (Lipinski definition) is 6. The van der Waals surface area contributed by atoms with E-state index in [1.807, 2.05) is 25.1 Å². The second kappa shape index (κ2) is 7.55. The van der Waals surface area contributed by atoms with E-state index in [-0.39, 0.29) is 30.5 Å². The minimum atomic E-state index is -0.533. The lowest BCUT2D eigenvalue weighted by atomic mass is 10.1. The van der Waals surface area contributed by atoms with Crippen LogP contribution >= 0.6 is 0 Å². The average molecular weight is 355 g/mol. The second-order valence-corrected chi connectivity index (χ2v) is 5.77. The first-order valence-electron chi connectivity index (χ1n) is 7.91. The zero-order valence-corrected chi connectivity index (χ0v) is 14.1. The van der Waals surface area contributed by atoms with Crippen LogP contribution in [0.3, 0.4) is 0 Å². The molecule has 1 N–H and O–H groups in total. The van der Waals surface area contributed by atoms with E-state index in [1.165, 1.54) is 10.9 Å². The minimum absolute atomic E-state index is 0.102. The van der Waals surface area contributed by atoms with Crippen LogP contribution in [0.15, 0.2) is 43.0 Å². The van der Waals surface area contributed by atoms with Crippen molar-refractivity contribution in [2.24, 2.45) is 0 Å². The Hall–Kier alpha value is -3.56. The van der Waals surface area contributed by atoms with Crippen molar-refractivity contribution >= 4 is 17.5 Å². The fourth-order valence-corrected chi connectivity index (χ4v) is 2.40. The van der Waals surface area contributed by atoms with E-state index in [0.29, 0.717) is 6.54 Å². The van der Waals surface area contributed by atoms with Gasteiger partial charge in [-0.2, -0.15) is 5.10 Å². The maximum Gasteiger partial charge on any atom is 0.306 e. The quantitative estimate of drug-likeness (QED) is 0.509. The first kappa shape index (κ1) is 17.3. The molecule has 0 aliphatic heterocycles. The highest BCUT2D eigenvalue weighted by atomic mass is 16.6. The zero-order chi connectivity index (χ0) is 18.5. The second-order valence-electron chi connectivity index (χ2n) is 5.77. The highest BCUT2D eigenvalue weighted by molar-refractivity contribution is 5.88. The van der Waals surface area contributed by atoms with Crippen LogP contribution in [0.5, 0.6) is 0 Å². The van der Waals surface area contributed by atoms with Crippen molar-refractivity contribution in [3.05, 3.63) is 64.2 Å². The molecule has 0 bridgehead atoms. The molecule has 0 unspecified atom stereocenters. The van der Waals surface area contributed by atoms with Crippen LogP contribution in [0.1, 0.15) is 17.5 Å².